The largest absolute Gasteiger partial charge is 0.350 e. The summed E-state index contributed by atoms with van der Waals surface area (Å²) in [6, 6.07) is 1.82. The van der Waals surface area contributed by atoms with Gasteiger partial charge in [0.25, 0.3) is 5.91 Å². The van der Waals surface area contributed by atoms with Crippen molar-refractivity contribution in [2.45, 2.75) is 19.8 Å². The van der Waals surface area contributed by atoms with Gasteiger partial charge >= 0.3 is 0 Å². The highest BCUT2D eigenvalue weighted by Gasteiger charge is 2.11. The minimum atomic E-state index is -0.0773. The van der Waals surface area contributed by atoms with E-state index in [2.05, 4.69) is 17.0 Å². The fourth-order valence-electron chi connectivity index (χ4n) is 1.29. The van der Waals surface area contributed by atoms with Gasteiger partial charge in [0.05, 0.1) is 5.69 Å². The van der Waals surface area contributed by atoms with Crippen LogP contribution in [0.15, 0.2) is 18.7 Å². The molecule has 0 aliphatic heterocycles. The molecule has 0 saturated heterocycles. The molecule has 1 aromatic rings. The third-order valence-corrected chi connectivity index (χ3v) is 2.16. The van der Waals surface area contributed by atoms with E-state index >= 15 is 0 Å². The number of aryl methyl sites for hydroxylation is 2. The van der Waals surface area contributed by atoms with Crippen LogP contribution in [-0.4, -0.2) is 22.2 Å². The fraction of sp³-hybridized carbons (Fsp3) is 0.455. The predicted molar refractivity (Wildman–Crippen MR) is 59.7 cm³/mol. The number of hydrogen-bond donors (Lipinski definition) is 1. The van der Waals surface area contributed by atoms with Crippen LogP contribution in [0, 0.1) is 0 Å². The average Bonchev–Trinajstić information content (AvgIpc) is 2.60. The first-order chi connectivity index (χ1) is 7.19. The van der Waals surface area contributed by atoms with Crippen molar-refractivity contribution in [1.29, 1.82) is 0 Å². The number of nitrogens with one attached hydrogen (secondary N) is 1. The second kappa shape index (κ2) is 5.34. The van der Waals surface area contributed by atoms with Gasteiger partial charge in [-0.25, -0.2) is 0 Å². The normalized spacial score (nSPS) is 10.0. The van der Waals surface area contributed by atoms with Gasteiger partial charge in [-0.05, 0) is 18.9 Å². The first kappa shape index (κ1) is 11.5. The first-order valence-corrected chi connectivity index (χ1v) is 5.11. The SMILES string of the molecule is C=CCCNC(=O)c1cc(CC)nn1C. The molecule has 0 atom stereocenters. The van der Waals surface area contributed by atoms with Crippen molar-refractivity contribution in [2.75, 3.05) is 6.54 Å². The number of nitrogens with zero attached hydrogens (tertiary/aromatic N) is 2. The van der Waals surface area contributed by atoms with Gasteiger partial charge in [0.15, 0.2) is 0 Å². The third kappa shape index (κ3) is 2.94. The van der Waals surface area contributed by atoms with E-state index in [9.17, 15) is 4.79 Å². The van der Waals surface area contributed by atoms with Crippen LogP contribution in [0.1, 0.15) is 29.5 Å². The zero-order valence-electron chi connectivity index (χ0n) is 9.29. The summed E-state index contributed by atoms with van der Waals surface area (Å²) in [5.41, 5.74) is 1.54. The van der Waals surface area contributed by atoms with E-state index in [-0.39, 0.29) is 5.91 Å². The Labute approximate surface area is 90.0 Å². The molecule has 4 heteroatoms. The van der Waals surface area contributed by atoms with Crippen LogP contribution in [0.4, 0.5) is 0 Å². The van der Waals surface area contributed by atoms with Gasteiger partial charge in [-0.15, -0.1) is 6.58 Å². The molecule has 1 N–H and O–H groups in total. The predicted octanol–water partition coefficient (Wildman–Crippen LogP) is 1.29. The Balaban J connectivity index is 2.64. The molecule has 0 spiro atoms. The highest BCUT2D eigenvalue weighted by Crippen LogP contribution is 2.03. The van der Waals surface area contributed by atoms with Crippen LogP contribution in [0.25, 0.3) is 0 Å². The van der Waals surface area contributed by atoms with E-state index < -0.39 is 0 Å². The molecule has 0 fully saturated rings. The summed E-state index contributed by atoms with van der Waals surface area (Å²) in [6.45, 7) is 6.23. The first-order valence-electron chi connectivity index (χ1n) is 5.11. The second-order valence-corrected chi connectivity index (χ2v) is 3.33. The zero-order chi connectivity index (χ0) is 11.3. The fourth-order valence-corrected chi connectivity index (χ4v) is 1.29. The lowest BCUT2D eigenvalue weighted by Crippen LogP contribution is -2.26. The van der Waals surface area contributed by atoms with Gasteiger partial charge in [0.1, 0.15) is 5.69 Å². The maximum absolute atomic E-state index is 11.7. The summed E-state index contributed by atoms with van der Waals surface area (Å²) < 4.78 is 1.61. The van der Waals surface area contributed by atoms with Crippen molar-refractivity contribution in [3.63, 3.8) is 0 Å². The van der Waals surface area contributed by atoms with Crippen molar-refractivity contribution < 1.29 is 4.79 Å². The van der Waals surface area contributed by atoms with E-state index in [1.165, 1.54) is 0 Å². The second-order valence-electron chi connectivity index (χ2n) is 3.33. The molecule has 1 amide bonds. The van der Waals surface area contributed by atoms with Gasteiger partial charge in [-0.2, -0.15) is 5.10 Å². The van der Waals surface area contributed by atoms with E-state index in [1.54, 1.807) is 17.8 Å². The Morgan fingerprint density at radius 2 is 2.47 bits per heavy atom. The Morgan fingerprint density at radius 3 is 3.00 bits per heavy atom. The van der Waals surface area contributed by atoms with Crippen molar-refractivity contribution in [3.8, 4) is 0 Å². The molecule has 0 bridgehead atoms. The Kier molecular flexibility index (Phi) is 4.09. The average molecular weight is 207 g/mol. The lowest BCUT2D eigenvalue weighted by atomic mass is 10.3. The molecule has 15 heavy (non-hydrogen) atoms. The number of aromatic nitrogens is 2. The molecular weight excluding hydrogens is 190 g/mol. The van der Waals surface area contributed by atoms with Crippen LogP contribution < -0.4 is 5.32 Å². The van der Waals surface area contributed by atoms with Crippen LogP contribution in [0.3, 0.4) is 0 Å². The quantitative estimate of drug-likeness (QED) is 0.584. The summed E-state index contributed by atoms with van der Waals surface area (Å²) in [6.07, 6.45) is 3.40. The molecule has 0 aliphatic carbocycles. The van der Waals surface area contributed by atoms with Crippen LogP contribution in [0.5, 0.6) is 0 Å². The Bertz CT molecular complexity index is 355. The van der Waals surface area contributed by atoms with Crippen LogP contribution in [-0.2, 0) is 13.5 Å². The molecule has 0 saturated carbocycles. The topological polar surface area (TPSA) is 46.9 Å². The van der Waals surface area contributed by atoms with Gasteiger partial charge in [0, 0.05) is 13.6 Å². The summed E-state index contributed by atoms with van der Waals surface area (Å²) >= 11 is 0. The van der Waals surface area contributed by atoms with Crippen LogP contribution >= 0.6 is 0 Å². The summed E-state index contributed by atoms with van der Waals surface area (Å²) in [7, 11) is 1.78. The van der Waals surface area contributed by atoms with Gasteiger partial charge in [0.2, 0.25) is 0 Å². The monoisotopic (exact) mass is 207 g/mol. The Morgan fingerprint density at radius 1 is 1.73 bits per heavy atom. The smallest absolute Gasteiger partial charge is 0.269 e. The van der Waals surface area contributed by atoms with Crippen molar-refractivity contribution in [3.05, 3.63) is 30.1 Å². The summed E-state index contributed by atoms with van der Waals surface area (Å²) in [4.78, 5) is 11.7. The number of carbonyl (C=O) groups excluding carboxylic acids is 1. The molecule has 1 rings (SSSR count). The minimum Gasteiger partial charge on any atom is -0.350 e. The van der Waals surface area contributed by atoms with E-state index in [1.807, 2.05) is 13.0 Å². The zero-order valence-corrected chi connectivity index (χ0v) is 9.29. The molecule has 0 unspecified atom stereocenters. The molecule has 4 nitrogen and oxygen atoms in total. The minimum absolute atomic E-state index is 0.0773. The van der Waals surface area contributed by atoms with Crippen LogP contribution in [0.2, 0.25) is 0 Å². The van der Waals surface area contributed by atoms with E-state index in [0.717, 1.165) is 18.5 Å². The lowest BCUT2D eigenvalue weighted by Gasteiger charge is -2.02. The summed E-state index contributed by atoms with van der Waals surface area (Å²) in [5.74, 6) is -0.0773. The van der Waals surface area contributed by atoms with Crippen molar-refractivity contribution >= 4 is 5.91 Å². The van der Waals surface area contributed by atoms with E-state index in [0.29, 0.717) is 12.2 Å². The molecular formula is C11H17N3O. The molecule has 0 aliphatic rings. The molecule has 0 aromatic carbocycles. The molecule has 1 aromatic heterocycles. The van der Waals surface area contributed by atoms with Gasteiger partial charge < -0.3 is 5.32 Å². The number of hydrogen-bond acceptors (Lipinski definition) is 2. The van der Waals surface area contributed by atoms with Gasteiger partial charge in [-0.3, -0.25) is 9.48 Å². The maximum atomic E-state index is 11.7. The molecule has 0 radical (unpaired) electrons. The lowest BCUT2D eigenvalue weighted by molar-refractivity contribution is 0.0945. The maximum Gasteiger partial charge on any atom is 0.269 e. The third-order valence-electron chi connectivity index (χ3n) is 2.16. The number of amides is 1. The standard InChI is InChI=1S/C11H17N3O/c1-4-6-7-12-11(15)10-8-9(5-2)13-14(10)3/h4,8H,1,5-7H2,2-3H3,(H,12,15). The summed E-state index contributed by atoms with van der Waals surface area (Å²) in [5, 5.41) is 7.02. The van der Waals surface area contributed by atoms with Crippen molar-refractivity contribution in [2.24, 2.45) is 7.05 Å². The molecule has 82 valence electrons. The number of rotatable bonds is 5. The highest BCUT2D eigenvalue weighted by molar-refractivity contribution is 5.92. The van der Waals surface area contributed by atoms with E-state index in [4.69, 9.17) is 0 Å². The Hall–Kier alpha value is -1.58. The van der Waals surface area contributed by atoms with Crippen molar-refractivity contribution in [1.82, 2.24) is 15.1 Å². The number of carbonyl (C=O) groups is 1. The van der Waals surface area contributed by atoms with Gasteiger partial charge in [-0.1, -0.05) is 13.0 Å². The highest BCUT2D eigenvalue weighted by atomic mass is 16.2. The molecule has 1 heterocycles.